The zero-order valence-electron chi connectivity index (χ0n) is 13.9. The number of nitrogens with two attached hydrogens (primary N) is 1. The lowest BCUT2D eigenvalue weighted by Crippen LogP contribution is -2.18. The third-order valence-corrected chi connectivity index (χ3v) is 4.18. The lowest BCUT2D eigenvalue weighted by Gasteiger charge is -2.11. The van der Waals surface area contributed by atoms with Crippen LogP contribution in [0.3, 0.4) is 0 Å². The molecule has 7 nitrogen and oxygen atoms in total. The number of anilines is 1. The maximum Gasteiger partial charge on any atom is 0.573 e. The summed E-state index contributed by atoms with van der Waals surface area (Å²) in [5.41, 5.74) is -0.469. The molecule has 0 unspecified atom stereocenters. The number of sulfonamides is 1. The van der Waals surface area contributed by atoms with Crippen LogP contribution in [0.25, 0.3) is 6.08 Å². The molecule has 0 bridgehead atoms. The average molecular weight is 411 g/mol. The van der Waals surface area contributed by atoms with E-state index >= 15 is 0 Å². The highest BCUT2D eigenvalue weighted by Gasteiger charge is 2.31. The fourth-order valence-electron chi connectivity index (χ4n) is 2.05. The van der Waals surface area contributed by atoms with E-state index < -0.39 is 33.6 Å². The van der Waals surface area contributed by atoms with Gasteiger partial charge >= 0.3 is 6.36 Å². The first-order valence-electron chi connectivity index (χ1n) is 7.40. The van der Waals surface area contributed by atoms with Crippen LogP contribution >= 0.6 is 0 Å². The smallest absolute Gasteiger partial charge is 0.405 e. The molecule has 0 saturated carbocycles. The first-order chi connectivity index (χ1) is 13.0. The van der Waals surface area contributed by atoms with E-state index in [-0.39, 0.29) is 16.1 Å². The second kappa shape index (κ2) is 8.12. The summed E-state index contributed by atoms with van der Waals surface area (Å²) in [6.07, 6.45) is -4.00. The van der Waals surface area contributed by atoms with Gasteiger partial charge in [0.25, 0.3) is 5.91 Å². The third kappa shape index (κ3) is 5.83. The van der Waals surface area contributed by atoms with E-state index in [0.29, 0.717) is 0 Å². The molecule has 0 aliphatic rings. The Morgan fingerprint density at radius 3 is 2.29 bits per heavy atom. The number of carbonyl (C=O) groups is 1. The number of nitriles is 1. The molecule has 2 aromatic rings. The molecule has 2 aromatic carbocycles. The molecule has 0 aliphatic carbocycles. The van der Waals surface area contributed by atoms with Crippen molar-refractivity contribution in [2.75, 3.05) is 5.32 Å². The van der Waals surface area contributed by atoms with Gasteiger partial charge in [0.2, 0.25) is 10.0 Å². The van der Waals surface area contributed by atoms with Gasteiger partial charge in [-0.05, 0) is 36.4 Å². The Balaban J connectivity index is 2.26. The maximum atomic E-state index is 12.5. The maximum absolute atomic E-state index is 12.5. The number of primary sulfonamides is 1. The van der Waals surface area contributed by atoms with Crippen molar-refractivity contribution >= 4 is 27.7 Å². The standard InChI is InChI=1S/C17H12F3N3O4S/c18-17(19,20)27-15-4-2-1-3-11(15)9-12(10-21)16(24)23-13-5-7-14(8-6-13)28(22,25)26/h1-9H,(H,23,24)(H2,22,25,26)/b12-9+. The molecule has 3 N–H and O–H groups in total. The first kappa shape index (κ1) is 20.9. The molecule has 11 heteroatoms. The molecule has 28 heavy (non-hydrogen) atoms. The summed E-state index contributed by atoms with van der Waals surface area (Å²) in [4.78, 5) is 12.0. The van der Waals surface area contributed by atoms with Crippen molar-refractivity contribution in [3.63, 3.8) is 0 Å². The third-order valence-electron chi connectivity index (χ3n) is 3.25. The van der Waals surface area contributed by atoms with Crippen LogP contribution in [0.4, 0.5) is 18.9 Å². The molecule has 0 heterocycles. The quantitative estimate of drug-likeness (QED) is 0.579. The first-order valence-corrected chi connectivity index (χ1v) is 8.95. The van der Waals surface area contributed by atoms with Crippen LogP contribution in [0.2, 0.25) is 0 Å². The number of amides is 1. The monoisotopic (exact) mass is 411 g/mol. The van der Waals surface area contributed by atoms with Crippen LogP contribution in [0.5, 0.6) is 5.75 Å². The number of halogens is 3. The molecule has 0 atom stereocenters. The molecule has 146 valence electrons. The lowest BCUT2D eigenvalue weighted by molar-refractivity contribution is -0.274. The predicted octanol–water partition coefficient (Wildman–Crippen LogP) is 2.78. The van der Waals surface area contributed by atoms with E-state index in [1.165, 1.54) is 30.3 Å². The predicted molar refractivity (Wildman–Crippen MR) is 93.2 cm³/mol. The average Bonchev–Trinajstić information content (AvgIpc) is 2.59. The Hall–Kier alpha value is -3.36. The molecule has 0 spiro atoms. The number of nitrogens with zero attached hydrogens (tertiary/aromatic N) is 1. The van der Waals surface area contributed by atoms with Crippen LogP contribution in [0.15, 0.2) is 59.0 Å². The summed E-state index contributed by atoms with van der Waals surface area (Å²) < 4.78 is 63.7. The van der Waals surface area contributed by atoms with Crippen LogP contribution in [0, 0.1) is 11.3 Å². The van der Waals surface area contributed by atoms with Crippen molar-refractivity contribution in [1.82, 2.24) is 0 Å². The number of hydrogen-bond donors (Lipinski definition) is 2. The summed E-state index contributed by atoms with van der Waals surface area (Å²) in [5.74, 6) is -1.49. The summed E-state index contributed by atoms with van der Waals surface area (Å²) in [7, 11) is -3.91. The minimum atomic E-state index is -4.94. The van der Waals surface area contributed by atoms with E-state index in [1.807, 2.05) is 0 Å². The lowest BCUT2D eigenvalue weighted by atomic mass is 10.1. The van der Waals surface area contributed by atoms with Crippen molar-refractivity contribution in [1.29, 1.82) is 5.26 Å². The van der Waals surface area contributed by atoms with Crippen molar-refractivity contribution in [2.45, 2.75) is 11.3 Å². The SMILES string of the molecule is N#C/C(=C\c1ccccc1OC(F)(F)F)C(=O)Nc1ccc(S(N)(=O)=O)cc1. The minimum Gasteiger partial charge on any atom is -0.405 e. The van der Waals surface area contributed by atoms with Crippen LogP contribution in [-0.4, -0.2) is 20.7 Å². The highest BCUT2D eigenvalue weighted by atomic mass is 32.2. The van der Waals surface area contributed by atoms with Gasteiger partial charge < -0.3 is 10.1 Å². The highest BCUT2D eigenvalue weighted by Crippen LogP contribution is 2.28. The molecule has 0 saturated heterocycles. The number of para-hydroxylation sites is 1. The topological polar surface area (TPSA) is 122 Å². The summed E-state index contributed by atoms with van der Waals surface area (Å²) in [6.45, 7) is 0. The number of ether oxygens (including phenoxy) is 1. The summed E-state index contributed by atoms with van der Waals surface area (Å²) in [6, 6.07) is 11.4. The van der Waals surface area contributed by atoms with E-state index in [4.69, 9.17) is 5.14 Å². The van der Waals surface area contributed by atoms with Crippen LogP contribution < -0.4 is 15.2 Å². The minimum absolute atomic E-state index is 0.129. The summed E-state index contributed by atoms with van der Waals surface area (Å²) in [5, 5.41) is 16.5. The zero-order valence-corrected chi connectivity index (χ0v) is 14.7. The molecule has 2 rings (SSSR count). The fourth-order valence-corrected chi connectivity index (χ4v) is 2.56. The second-order valence-electron chi connectivity index (χ2n) is 5.28. The summed E-state index contributed by atoms with van der Waals surface area (Å²) >= 11 is 0. The number of alkyl halides is 3. The molecule has 0 aromatic heterocycles. The molecule has 1 amide bonds. The fraction of sp³-hybridized carbons (Fsp3) is 0.0588. The molecular weight excluding hydrogens is 399 g/mol. The Morgan fingerprint density at radius 1 is 1.14 bits per heavy atom. The van der Waals surface area contributed by atoms with Crippen LogP contribution in [-0.2, 0) is 14.8 Å². The number of rotatable bonds is 5. The molecule has 0 aliphatic heterocycles. The second-order valence-corrected chi connectivity index (χ2v) is 6.84. The molecular formula is C17H12F3N3O4S. The van der Waals surface area contributed by atoms with E-state index in [1.54, 1.807) is 6.07 Å². The van der Waals surface area contributed by atoms with Gasteiger partial charge in [-0.2, -0.15) is 5.26 Å². The Morgan fingerprint density at radius 2 is 1.75 bits per heavy atom. The van der Waals surface area contributed by atoms with E-state index in [0.717, 1.165) is 24.3 Å². The van der Waals surface area contributed by atoms with Gasteiger partial charge in [-0.3, -0.25) is 4.79 Å². The number of benzene rings is 2. The molecule has 0 fully saturated rings. The van der Waals surface area contributed by atoms with E-state index in [9.17, 15) is 31.6 Å². The van der Waals surface area contributed by atoms with Gasteiger partial charge in [0.05, 0.1) is 4.90 Å². The number of hydrogen-bond acceptors (Lipinski definition) is 5. The number of nitrogens with one attached hydrogen (secondary N) is 1. The van der Waals surface area contributed by atoms with Gasteiger partial charge in [-0.25, -0.2) is 13.6 Å². The Bertz CT molecular complexity index is 1060. The van der Waals surface area contributed by atoms with Gasteiger partial charge in [-0.15, -0.1) is 13.2 Å². The van der Waals surface area contributed by atoms with Gasteiger partial charge in [-0.1, -0.05) is 18.2 Å². The van der Waals surface area contributed by atoms with Crippen molar-refractivity contribution in [3.8, 4) is 11.8 Å². The Kier molecular flexibility index (Phi) is 6.07. The number of carbonyl (C=O) groups excluding carboxylic acids is 1. The van der Waals surface area contributed by atoms with Crippen LogP contribution in [0.1, 0.15) is 5.56 Å². The Labute approximate surface area is 157 Å². The van der Waals surface area contributed by atoms with Crippen molar-refractivity contribution < 1.29 is 31.1 Å². The largest absolute Gasteiger partial charge is 0.573 e. The normalized spacial score (nSPS) is 12.2. The highest BCUT2D eigenvalue weighted by molar-refractivity contribution is 7.89. The van der Waals surface area contributed by atoms with Crippen molar-refractivity contribution in [2.24, 2.45) is 5.14 Å². The van der Waals surface area contributed by atoms with Gasteiger partial charge in [0.1, 0.15) is 17.4 Å². The zero-order chi connectivity index (χ0) is 20.9. The van der Waals surface area contributed by atoms with Gasteiger partial charge in [0.15, 0.2) is 0 Å². The van der Waals surface area contributed by atoms with Gasteiger partial charge in [0, 0.05) is 11.3 Å². The molecule has 0 radical (unpaired) electrons. The van der Waals surface area contributed by atoms with Crippen molar-refractivity contribution in [3.05, 3.63) is 59.7 Å². The van der Waals surface area contributed by atoms with E-state index in [2.05, 4.69) is 10.1 Å².